The van der Waals surface area contributed by atoms with Crippen molar-refractivity contribution in [2.75, 3.05) is 6.61 Å². The van der Waals surface area contributed by atoms with Crippen LogP contribution in [0.1, 0.15) is 23.7 Å². The van der Waals surface area contributed by atoms with E-state index in [1.807, 2.05) is 18.2 Å². The summed E-state index contributed by atoms with van der Waals surface area (Å²) in [6.07, 6.45) is 5.11. The summed E-state index contributed by atoms with van der Waals surface area (Å²) < 4.78 is 5.17. The van der Waals surface area contributed by atoms with Crippen molar-refractivity contribution in [3.63, 3.8) is 0 Å². The van der Waals surface area contributed by atoms with Crippen molar-refractivity contribution in [3.05, 3.63) is 48.0 Å². The SMILES string of the molecule is CCOC(=O)[C@@H]1[C@H](NC(=O)c2ccccc2)[C@@H]2C=C[C@H]1C2. The van der Waals surface area contributed by atoms with Gasteiger partial charge in [0, 0.05) is 11.6 Å². The van der Waals surface area contributed by atoms with Crippen LogP contribution in [0.4, 0.5) is 0 Å². The van der Waals surface area contributed by atoms with Gasteiger partial charge in [-0.05, 0) is 37.3 Å². The third-order valence-electron chi connectivity index (χ3n) is 4.35. The van der Waals surface area contributed by atoms with E-state index in [9.17, 15) is 9.59 Å². The first kappa shape index (κ1) is 13.9. The summed E-state index contributed by atoms with van der Waals surface area (Å²) in [5.41, 5.74) is 0.617. The van der Waals surface area contributed by atoms with Crippen molar-refractivity contribution in [2.45, 2.75) is 19.4 Å². The number of ether oxygens (including phenoxy) is 1. The Morgan fingerprint density at radius 3 is 2.62 bits per heavy atom. The molecule has 0 unspecified atom stereocenters. The van der Waals surface area contributed by atoms with Gasteiger partial charge in [0.25, 0.3) is 5.91 Å². The van der Waals surface area contributed by atoms with Crippen LogP contribution in [-0.4, -0.2) is 24.5 Å². The van der Waals surface area contributed by atoms with Gasteiger partial charge in [-0.2, -0.15) is 0 Å². The molecule has 4 atom stereocenters. The summed E-state index contributed by atoms with van der Waals surface area (Å²) in [6.45, 7) is 2.17. The molecule has 0 spiro atoms. The molecule has 0 aliphatic heterocycles. The van der Waals surface area contributed by atoms with Crippen molar-refractivity contribution < 1.29 is 14.3 Å². The first-order valence-corrected chi connectivity index (χ1v) is 7.41. The van der Waals surface area contributed by atoms with E-state index in [2.05, 4.69) is 17.5 Å². The number of hydrogen-bond acceptors (Lipinski definition) is 3. The molecule has 2 aliphatic carbocycles. The van der Waals surface area contributed by atoms with Crippen molar-refractivity contribution in [3.8, 4) is 0 Å². The molecular formula is C17H19NO3. The average Bonchev–Trinajstić information content (AvgIpc) is 3.09. The molecule has 1 saturated carbocycles. The van der Waals surface area contributed by atoms with Gasteiger partial charge in [0.15, 0.2) is 0 Å². The maximum atomic E-state index is 12.3. The molecule has 1 N–H and O–H groups in total. The summed E-state index contributed by atoms with van der Waals surface area (Å²) in [4.78, 5) is 24.5. The Hall–Kier alpha value is -2.10. The van der Waals surface area contributed by atoms with E-state index in [4.69, 9.17) is 4.74 Å². The van der Waals surface area contributed by atoms with E-state index < -0.39 is 0 Å². The second-order valence-electron chi connectivity index (χ2n) is 5.59. The van der Waals surface area contributed by atoms with Crippen LogP contribution in [0.3, 0.4) is 0 Å². The van der Waals surface area contributed by atoms with Gasteiger partial charge in [0.2, 0.25) is 0 Å². The number of fused-ring (bicyclic) bond motifs is 2. The van der Waals surface area contributed by atoms with E-state index >= 15 is 0 Å². The normalized spacial score (nSPS) is 29.4. The third kappa shape index (κ3) is 2.58. The molecular weight excluding hydrogens is 266 g/mol. The minimum Gasteiger partial charge on any atom is -0.466 e. The zero-order chi connectivity index (χ0) is 14.8. The van der Waals surface area contributed by atoms with Crippen molar-refractivity contribution in [1.29, 1.82) is 0 Å². The molecule has 21 heavy (non-hydrogen) atoms. The fourth-order valence-electron chi connectivity index (χ4n) is 3.40. The Labute approximate surface area is 124 Å². The monoisotopic (exact) mass is 285 g/mol. The standard InChI is InChI=1S/C17H19NO3/c1-2-21-17(20)14-12-8-9-13(10-12)15(14)18-16(19)11-6-4-3-5-7-11/h3-9,12-15H,2,10H2,1H3,(H,18,19)/t12-,13+,14-,15+/m0/s1. The Bertz CT molecular complexity index is 567. The molecule has 4 heteroatoms. The van der Waals surface area contributed by atoms with E-state index in [0.29, 0.717) is 12.2 Å². The van der Waals surface area contributed by atoms with E-state index in [1.165, 1.54) is 0 Å². The second kappa shape index (κ2) is 5.72. The maximum Gasteiger partial charge on any atom is 0.311 e. The number of nitrogens with one attached hydrogen (secondary N) is 1. The van der Waals surface area contributed by atoms with Crippen LogP contribution in [0.2, 0.25) is 0 Å². The Morgan fingerprint density at radius 2 is 1.90 bits per heavy atom. The van der Waals surface area contributed by atoms with Crippen molar-refractivity contribution in [1.82, 2.24) is 5.32 Å². The van der Waals surface area contributed by atoms with Gasteiger partial charge in [-0.1, -0.05) is 30.4 Å². The summed E-state index contributed by atoms with van der Waals surface area (Å²) in [5.74, 6) is -0.164. The number of carbonyl (C=O) groups is 2. The molecule has 1 aromatic carbocycles. The smallest absolute Gasteiger partial charge is 0.311 e. The lowest BCUT2D eigenvalue weighted by Gasteiger charge is -2.27. The topological polar surface area (TPSA) is 55.4 Å². The largest absolute Gasteiger partial charge is 0.466 e. The Balaban J connectivity index is 1.75. The highest BCUT2D eigenvalue weighted by molar-refractivity contribution is 5.94. The zero-order valence-electron chi connectivity index (χ0n) is 12.0. The molecule has 0 radical (unpaired) electrons. The molecule has 4 nitrogen and oxygen atoms in total. The number of hydrogen-bond donors (Lipinski definition) is 1. The molecule has 0 saturated heterocycles. The van der Waals surface area contributed by atoms with Crippen LogP contribution in [-0.2, 0) is 9.53 Å². The number of benzene rings is 1. The number of rotatable bonds is 4. The van der Waals surface area contributed by atoms with Crippen molar-refractivity contribution in [2.24, 2.45) is 17.8 Å². The van der Waals surface area contributed by atoms with Crippen LogP contribution in [0.25, 0.3) is 0 Å². The molecule has 1 amide bonds. The summed E-state index contributed by atoms with van der Waals surface area (Å²) in [6, 6.07) is 8.93. The fourth-order valence-corrected chi connectivity index (χ4v) is 3.40. The fraction of sp³-hybridized carbons (Fsp3) is 0.412. The molecule has 1 aromatic rings. The predicted molar refractivity (Wildman–Crippen MR) is 78.6 cm³/mol. The molecule has 110 valence electrons. The highest BCUT2D eigenvalue weighted by Crippen LogP contribution is 2.44. The molecule has 2 aliphatic rings. The number of amides is 1. The molecule has 0 aromatic heterocycles. The summed E-state index contributed by atoms with van der Waals surface area (Å²) in [5, 5.41) is 3.02. The van der Waals surface area contributed by atoms with Crippen LogP contribution < -0.4 is 5.32 Å². The lowest BCUT2D eigenvalue weighted by Crippen LogP contribution is -2.46. The van der Waals surface area contributed by atoms with Crippen LogP contribution >= 0.6 is 0 Å². The van der Waals surface area contributed by atoms with Gasteiger partial charge in [-0.3, -0.25) is 9.59 Å². The quantitative estimate of drug-likeness (QED) is 0.681. The summed E-state index contributed by atoms with van der Waals surface area (Å²) >= 11 is 0. The molecule has 3 rings (SSSR count). The van der Waals surface area contributed by atoms with Gasteiger partial charge in [0.1, 0.15) is 0 Å². The van der Waals surface area contributed by atoms with Crippen LogP contribution in [0.15, 0.2) is 42.5 Å². The summed E-state index contributed by atoms with van der Waals surface area (Å²) in [7, 11) is 0. The minimum atomic E-state index is -0.257. The van der Waals surface area contributed by atoms with Crippen LogP contribution in [0.5, 0.6) is 0 Å². The highest BCUT2D eigenvalue weighted by atomic mass is 16.5. The zero-order valence-corrected chi connectivity index (χ0v) is 12.0. The molecule has 2 bridgehead atoms. The van der Waals surface area contributed by atoms with E-state index in [-0.39, 0.29) is 35.7 Å². The Morgan fingerprint density at radius 1 is 1.19 bits per heavy atom. The third-order valence-corrected chi connectivity index (χ3v) is 4.35. The number of allylic oxidation sites excluding steroid dienone is 1. The first-order chi connectivity index (χ1) is 10.2. The highest BCUT2D eigenvalue weighted by Gasteiger charge is 2.49. The number of carbonyl (C=O) groups excluding carboxylic acids is 2. The van der Waals surface area contributed by atoms with Crippen LogP contribution in [0, 0.1) is 17.8 Å². The Kier molecular flexibility index (Phi) is 3.78. The number of esters is 1. The van der Waals surface area contributed by atoms with Crippen molar-refractivity contribution >= 4 is 11.9 Å². The van der Waals surface area contributed by atoms with Gasteiger partial charge >= 0.3 is 5.97 Å². The molecule has 1 fully saturated rings. The molecule has 0 heterocycles. The minimum absolute atomic E-state index is 0.129. The lowest BCUT2D eigenvalue weighted by atomic mass is 9.88. The van der Waals surface area contributed by atoms with E-state index in [1.54, 1.807) is 19.1 Å². The van der Waals surface area contributed by atoms with Gasteiger partial charge in [-0.15, -0.1) is 0 Å². The average molecular weight is 285 g/mol. The van der Waals surface area contributed by atoms with Gasteiger partial charge in [-0.25, -0.2) is 0 Å². The first-order valence-electron chi connectivity index (χ1n) is 7.41. The lowest BCUT2D eigenvalue weighted by molar-refractivity contribution is -0.149. The van der Waals surface area contributed by atoms with Gasteiger partial charge < -0.3 is 10.1 Å². The van der Waals surface area contributed by atoms with Gasteiger partial charge in [0.05, 0.1) is 12.5 Å². The second-order valence-corrected chi connectivity index (χ2v) is 5.59. The maximum absolute atomic E-state index is 12.3. The van der Waals surface area contributed by atoms with E-state index in [0.717, 1.165) is 6.42 Å². The predicted octanol–water partition coefficient (Wildman–Crippen LogP) is 2.17.